The van der Waals surface area contributed by atoms with Crippen LogP contribution in [0.25, 0.3) is 0 Å². The second-order valence-electron chi connectivity index (χ2n) is 5.28. The molecule has 128 valence electrons. The lowest BCUT2D eigenvalue weighted by molar-refractivity contribution is 0.272. The molecule has 0 spiro atoms. The van der Waals surface area contributed by atoms with Crippen molar-refractivity contribution in [1.29, 1.82) is 0 Å². The molecule has 0 saturated heterocycles. The number of hydrogen-bond donors (Lipinski definition) is 1. The maximum absolute atomic E-state index is 12.3. The van der Waals surface area contributed by atoms with Crippen LogP contribution in [0.15, 0.2) is 52.3 Å². The van der Waals surface area contributed by atoms with E-state index in [9.17, 15) is 16.8 Å². The van der Waals surface area contributed by atoms with Crippen LogP contribution in [0.1, 0.15) is 11.1 Å². The van der Waals surface area contributed by atoms with E-state index < -0.39 is 20.1 Å². The van der Waals surface area contributed by atoms with E-state index in [1.165, 1.54) is 18.2 Å². The summed E-state index contributed by atoms with van der Waals surface area (Å²) in [5, 5.41) is 0. The van der Waals surface area contributed by atoms with Gasteiger partial charge in [-0.15, -0.1) is 0 Å². The molecular formula is C15H15NO6S2. The predicted molar refractivity (Wildman–Crippen MR) is 85.4 cm³/mol. The average Bonchev–Trinajstić information content (AvgIpc) is 3.02. The van der Waals surface area contributed by atoms with Crippen molar-refractivity contribution in [2.75, 3.05) is 6.61 Å². The molecule has 24 heavy (non-hydrogen) atoms. The van der Waals surface area contributed by atoms with Crippen LogP contribution in [0, 0.1) is 6.92 Å². The molecule has 0 atom stereocenters. The predicted octanol–water partition coefficient (Wildman–Crippen LogP) is 1.53. The van der Waals surface area contributed by atoms with Crippen molar-refractivity contribution in [2.45, 2.75) is 23.1 Å². The highest BCUT2D eigenvalue weighted by molar-refractivity contribution is 7.91. The molecule has 0 amide bonds. The molecule has 9 heteroatoms. The summed E-state index contributed by atoms with van der Waals surface area (Å²) in [4.78, 5) is 1.36. The number of sulfonamides is 1. The van der Waals surface area contributed by atoms with Gasteiger partial charge in [-0.2, -0.15) is 12.7 Å². The van der Waals surface area contributed by atoms with Gasteiger partial charge in [0.25, 0.3) is 10.0 Å². The van der Waals surface area contributed by atoms with Crippen molar-refractivity contribution in [2.24, 2.45) is 0 Å². The quantitative estimate of drug-likeness (QED) is 0.803. The standard InChI is InChI=1S/C15H15NO6S2/c1-11-5-7-13(8-6-11)24(19,20)22-16-23(17,18)14-4-2-3-12-9-10-21-15(12)14/h2-8,16H,9-10H2,1H3. The largest absolute Gasteiger partial charge is 0.492 e. The number of para-hydroxylation sites is 1. The number of benzene rings is 2. The molecule has 1 N–H and O–H groups in total. The monoisotopic (exact) mass is 369 g/mol. The zero-order chi connectivity index (χ0) is 17.4. The molecule has 0 aromatic heterocycles. The van der Waals surface area contributed by atoms with E-state index in [0.717, 1.165) is 11.1 Å². The Morgan fingerprint density at radius 3 is 2.46 bits per heavy atom. The van der Waals surface area contributed by atoms with Crippen molar-refractivity contribution in [3.8, 4) is 5.75 Å². The van der Waals surface area contributed by atoms with Gasteiger partial charge in [0.05, 0.1) is 11.5 Å². The van der Waals surface area contributed by atoms with E-state index in [2.05, 4.69) is 4.28 Å². The molecule has 1 aliphatic heterocycles. The van der Waals surface area contributed by atoms with E-state index in [0.29, 0.717) is 13.0 Å². The molecule has 0 aliphatic carbocycles. The van der Waals surface area contributed by atoms with Gasteiger partial charge in [-0.3, -0.25) is 0 Å². The Bertz CT molecular complexity index is 966. The van der Waals surface area contributed by atoms with Gasteiger partial charge >= 0.3 is 10.1 Å². The van der Waals surface area contributed by atoms with Crippen molar-refractivity contribution >= 4 is 20.1 Å². The molecule has 2 aromatic rings. The Hall–Kier alpha value is -1.94. The third-order valence-corrected chi connectivity index (χ3v) is 5.99. The van der Waals surface area contributed by atoms with Gasteiger partial charge in [0.1, 0.15) is 10.6 Å². The highest BCUT2D eigenvalue weighted by Crippen LogP contribution is 2.32. The number of ether oxygens (including phenoxy) is 1. The first kappa shape index (κ1) is 16.9. The van der Waals surface area contributed by atoms with Crippen molar-refractivity contribution < 1.29 is 25.9 Å². The molecular weight excluding hydrogens is 354 g/mol. The van der Waals surface area contributed by atoms with Crippen LogP contribution in [0.3, 0.4) is 0 Å². The molecule has 1 aliphatic rings. The summed E-state index contributed by atoms with van der Waals surface area (Å²) >= 11 is 0. The third kappa shape index (κ3) is 3.29. The summed E-state index contributed by atoms with van der Waals surface area (Å²) in [5.41, 5.74) is 1.62. The lowest BCUT2D eigenvalue weighted by atomic mass is 10.2. The van der Waals surface area contributed by atoms with E-state index in [4.69, 9.17) is 4.74 Å². The molecule has 3 rings (SSSR count). The van der Waals surface area contributed by atoms with Crippen LogP contribution in [0.5, 0.6) is 5.75 Å². The van der Waals surface area contributed by atoms with Crippen molar-refractivity contribution in [3.05, 3.63) is 53.6 Å². The minimum atomic E-state index is -4.26. The summed E-state index contributed by atoms with van der Waals surface area (Å²) < 4.78 is 58.7. The molecule has 0 bridgehead atoms. The van der Waals surface area contributed by atoms with E-state index in [1.54, 1.807) is 36.1 Å². The first-order chi connectivity index (χ1) is 11.3. The second kappa shape index (κ2) is 6.17. The Balaban J connectivity index is 1.83. The maximum Gasteiger partial charge on any atom is 0.313 e. The van der Waals surface area contributed by atoms with E-state index in [1.807, 2.05) is 0 Å². The van der Waals surface area contributed by atoms with E-state index in [-0.39, 0.29) is 15.5 Å². The van der Waals surface area contributed by atoms with Crippen molar-refractivity contribution in [3.63, 3.8) is 0 Å². The molecule has 1 heterocycles. The Kier molecular flexibility index (Phi) is 4.35. The summed E-state index contributed by atoms with van der Waals surface area (Å²) in [7, 11) is -8.47. The first-order valence-corrected chi connectivity index (χ1v) is 9.95. The lowest BCUT2D eigenvalue weighted by Crippen LogP contribution is -2.27. The summed E-state index contributed by atoms with van der Waals surface area (Å²) in [6, 6.07) is 10.5. The fraction of sp³-hybridized carbons (Fsp3) is 0.200. The topological polar surface area (TPSA) is 98.8 Å². The number of aryl methyl sites for hydroxylation is 1. The summed E-state index contributed by atoms with van der Waals surface area (Å²) in [6.07, 6.45) is 0.598. The molecule has 0 saturated carbocycles. The van der Waals surface area contributed by atoms with Crippen LogP contribution < -0.4 is 9.62 Å². The van der Waals surface area contributed by atoms with E-state index >= 15 is 0 Å². The number of hydrogen-bond acceptors (Lipinski definition) is 6. The second-order valence-corrected chi connectivity index (χ2v) is 8.44. The summed E-state index contributed by atoms with van der Waals surface area (Å²) in [6.45, 7) is 2.18. The number of fused-ring (bicyclic) bond motifs is 1. The molecule has 0 unspecified atom stereocenters. The smallest absolute Gasteiger partial charge is 0.313 e. The zero-order valence-electron chi connectivity index (χ0n) is 12.7. The maximum atomic E-state index is 12.3. The normalized spacial score (nSPS) is 14.2. The fourth-order valence-electron chi connectivity index (χ4n) is 2.28. The van der Waals surface area contributed by atoms with Crippen LogP contribution >= 0.6 is 0 Å². The minimum Gasteiger partial charge on any atom is -0.492 e. The van der Waals surface area contributed by atoms with Crippen molar-refractivity contribution in [1.82, 2.24) is 4.89 Å². The lowest BCUT2D eigenvalue weighted by Gasteiger charge is -2.10. The molecule has 0 fully saturated rings. The van der Waals surface area contributed by atoms with Crippen LogP contribution in [-0.2, 0) is 30.8 Å². The molecule has 7 nitrogen and oxygen atoms in total. The average molecular weight is 369 g/mol. The van der Waals surface area contributed by atoms with Gasteiger partial charge < -0.3 is 4.74 Å². The molecule has 0 radical (unpaired) electrons. The van der Waals surface area contributed by atoms with Gasteiger partial charge in [0.15, 0.2) is 0 Å². The fourth-order valence-corrected chi connectivity index (χ4v) is 4.35. The summed E-state index contributed by atoms with van der Waals surface area (Å²) in [5.74, 6) is 0.223. The van der Waals surface area contributed by atoms with Gasteiger partial charge in [0.2, 0.25) is 0 Å². The van der Waals surface area contributed by atoms with Gasteiger partial charge in [0, 0.05) is 6.42 Å². The Morgan fingerprint density at radius 2 is 1.75 bits per heavy atom. The number of nitrogens with one attached hydrogen (secondary N) is 1. The first-order valence-electron chi connectivity index (χ1n) is 7.06. The van der Waals surface area contributed by atoms with Crippen LogP contribution in [-0.4, -0.2) is 23.4 Å². The SMILES string of the molecule is Cc1ccc(S(=O)(=O)ONS(=O)(=O)c2cccc3c2OCC3)cc1. The number of rotatable bonds is 5. The van der Waals surface area contributed by atoms with Gasteiger partial charge in [-0.25, -0.2) is 8.42 Å². The Labute approximate surface area is 140 Å². The highest BCUT2D eigenvalue weighted by Gasteiger charge is 2.27. The van der Waals surface area contributed by atoms with Crippen LogP contribution in [0.4, 0.5) is 0 Å². The van der Waals surface area contributed by atoms with Gasteiger partial charge in [-0.1, -0.05) is 34.7 Å². The van der Waals surface area contributed by atoms with Crippen LogP contribution in [0.2, 0.25) is 0 Å². The minimum absolute atomic E-state index is 0.148. The third-order valence-electron chi connectivity index (χ3n) is 3.53. The van der Waals surface area contributed by atoms with Gasteiger partial charge in [-0.05, 0) is 30.7 Å². The Morgan fingerprint density at radius 1 is 1.04 bits per heavy atom. The molecule has 2 aromatic carbocycles. The highest BCUT2D eigenvalue weighted by atomic mass is 32.2. The zero-order valence-corrected chi connectivity index (χ0v) is 14.4.